The number of hydrogen-bond donors (Lipinski definition) is 0. The minimum absolute atomic E-state index is 0.133. The fraction of sp³-hybridized carbons (Fsp3) is 0.625. The Kier molecular flexibility index (Phi) is 5.14. The van der Waals surface area contributed by atoms with Crippen LogP contribution in [0.25, 0.3) is 0 Å². The lowest BCUT2D eigenvalue weighted by Gasteiger charge is -2.23. The molecule has 0 atom stereocenters. The lowest BCUT2D eigenvalue weighted by Crippen LogP contribution is -2.47. The zero-order chi connectivity index (χ0) is 12.0. The van der Waals surface area contributed by atoms with Gasteiger partial charge in [0.1, 0.15) is 0 Å². The lowest BCUT2D eigenvalue weighted by atomic mass is 10.6. The highest BCUT2D eigenvalue weighted by Gasteiger charge is 2.29. The van der Waals surface area contributed by atoms with Crippen LogP contribution < -0.4 is 0 Å². The lowest BCUT2D eigenvalue weighted by molar-refractivity contribution is 0.116. The van der Waals surface area contributed by atoms with E-state index in [1.165, 1.54) is 26.2 Å². The molecule has 0 N–H and O–H groups in total. The summed E-state index contributed by atoms with van der Waals surface area (Å²) in [5, 5.41) is 0. The van der Waals surface area contributed by atoms with E-state index < -0.39 is 12.2 Å². The summed E-state index contributed by atoms with van der Waals surface area (Å²) in [4.78, 5) is 28.6. The van der Waals surface area contributed by atoms with E-state index in [1.54, 1.807) is 14.1 Å². The predicted molar refractivity (Wildman–Crippen MR) is 53.7 cm³/mol. The summed E-state index contributed by atoms with van der Waals surface area (Å²) < 4.78 is 8.89. The van der Waals surface area contributed by atoms with Crippen LogP contribution in [0.3, 0.4) is 0 Å². The molecule has 7 nitrogen and oxygen atoms in total. The van der Waals surface area contributed by atoms with Gasteiger partial charge in [-0.25, -0.2) is 9.59 Å². The summed E-state index contributed by atoms with van der Waals surface area (Å²) in [6.07, 6.45) is -1.70. The summed E-state index contributed by atoms with van der Waals surface area (Å²) in [6.45, 7) is 0. The topological polar surface area (TPSA) is 71.4 Å². The summed E-state index contributed by atoms with van der Waals surface area (Å²) in [6, 6.07) is 0. The van der Waals surface area contributed by atoms with Gasteiger partial charge >= 0.3 is 12.2 Å². The molecule has 0 aliphatic heterocycles. The number of guanidine groups is 1. The minimum atomic E-state index is -0.851. The van der Waals surface area contributed by atoms with Crippen molar-refractivity contribution in [3.63, 3.8) is 0 Å². The van der Waals surface area contributed by atoms with Crippen LogP contribution in [0.2, 0.25) is 0 Å². The number of carbonyl (C=O) groups is 2. The number of ether oxygens (including phenoxy) is 2. The number of amides is 2. The van der Waals surface area contributed by atoms with Crippen LogP contribution in [0.15, 0.2) is 4.99 Å². The van der Waals surface area contributed by atoms with Gasteiger partial charge in [-0.3, -0.25) is 4.99 Å². The Labute approximate surface area is 88.3 Å². The van der Waals surface area contributed by atoms with Gasteiger partial charge in [0.2, 0.25) is 5.96 Å². The fourth-order valence-electron chi connectivity index (χ4n) is 0.920. The van der Waals surface area contributed by atoms with Crippen molar-refractivity contribution < 1.29 is 19.1 Å². The largest absolute Gasteiger partial charge is 0.452 e. The van der Waals surface area contributed by atoms with Gasteiger partial charge in [-0.1, -0.05) is 0 Å². The molecule has 2 amide bonds. The summed E-state index contributed by atoms with van der Waals surface area (Å²) >= 11 is 0. The summed E-state index contributed by atoms with van der Waals surface area (Å²) in [7, 11) is 7.07. The summed E-state index contributed by atoms with van der Waals surface area (Å²) in [5.74, 6) is 0.133. The first-order chi connectivity index (χ1) is 6.99. The molecule has 0 fully saturated rings. The first kappa shape index (κ1) is 13.2. The molecule has 0 unspecified atom stereocenters. The molecule has 0 radical (unpaired) electrons. The van der Waals surface area contributed by atoms with Crippen LogP contribution in [0, 0.1) is 0 Å². The Morgan fingerprint density at radius 1 is 1.07 bits per heavy atom. The van der Waals surface area contributed by atoms with E-state index in [9.17, 15) is 9.59 Å². The van der Waals surface area contributed by atoms with E-state index in [0.717, 1.165) is 0 Å². The number of rotatable bonds is 0. The first-order valence-electron chi connectivity index (χ1n) is 4.09. The van der Waals surface area contributed by atoms with E-state index >= 15 is 0 Å². The maximum Gasteiger partial charge on any atom is 0.426 e. The molecule has 0 spiro atoms. The monoisotopic (exact) mass is 217 g/mol. The molecule has 0 saturated heterocycles. The second kappa shape index (κ2) is 5.84. The van der Waals surface area contributed by atoms with Gasteiger partial charge in [-0.2, -0.15) is 0 Å². The van der Waals surface area contributed by atoms with Crippen molar-refractivity contribution in [1.82, 2.24) is 9.80 Å². The molecule has 0 aliphatic carbocycles. The molecule has 0 aromatic heterocycles. The highest BCUT2D eigenvalue weighted by atomic mass is 16.6. The third-order valence-electron chi connectivity index (χ3n) is 1.51. The van der Waals surface area contributed by atoms with Gasteiger partial charge in [-0.05, 0) is 0 Å². The smallest absolute Gasteiger partial charge is 0.426 e. The highest BCUT2D eigenvalue weighted by Crippen LogP contribution is 2.01. The Morgan fingerprint density at radius 2 is 1.47 bits per heavy atom. The quantitative estimate of drug-likeness (QED) is 0.433. The predicted octanol–water partition coefficient (Wildman–Crippen LogP) is 0.369. The van der Waals surface area contributed by atoms with Gasteiger partial charge in [0, 0.05) is 21.1 Å². The van der Waals surface area contributed by atoms with Crippen LogP contribution in [0.4, 0.5) is 9.59 Å². The highest BCUT2D eigenvalue weighted by molar-refractivity contribution is 6.07. The molecular weight excluding hydrogens is 202 g/mol. The molecule has 86 valence electrons. The van der Waals surface area contributed by atoms with Crippen molar-refractivity contribution in [2.24, 2.45) is 4.99 Å². The number of carbonyl (C=O) groups excluding carboxylic acids is 2. The molecule has 0 heterocycles. The molecule has 15 heavy (non-hydrogen) atoms. The Bertz CT molecular complexity index is 259. The minimum Gasteiger partial charge on any atom is -0.452 e. The molecule has 0 rings (SSSR count). The normalized spacial score (nSPS) is 10.6. The number of aliphatic imine (C=N–C) groups is 1. The van der Waals surface area contributed by atoms with Crippen molar-refractivity contribution in [1.29, 1.82) is 0 Å². The number of methoxy groups -OCH3 is 2. The average molecular weight is 217 g/mol. The van der Waals surface area contributed by atoms with Crippen LogP contribution in [-0.2, 0) is 9.47 Å². The second-order valence-corrected chi connectivity index (χ2v) is 2.69. The maximum atomic E-state index is 11.3. The molecule has 0 aromatic carbocycles. The van der Waals surface area contributed by atoms with Crippen molar-refractivity contribution in [2.75, 3.05) is 35.4 Å². The van der Waals surface area contributed by atoms with Crippen LogP contribution in [0.1, 0.15) is 0 Å². The van der Waals surface area contributed by atoms with E-state index in [4.69, 9.17) is 0 Å². The zero-order valence-electron chi connectivity index (χ0n) is 9.47. The van der Waals surface area contributed by atoms with Crippen LogP contribution in [0.5, 0.6) is 0 Å². The van der Waals surface area contributed by atoms with Gasteiger partial charge < -0.3 is 14.4 Å². The van der Waals surface area contributed by atoms with Crippen molar-refractivity contribution in [3.8, 4) is 0 Å². The maximum absolute atomic E-state index is 11.3. The van der Waals surface area contributed by atoms with Gasteiger partial charge in [0.15, 0.2) is 0 Å². The molecule has 0 aliphatic rings. The third-order valence-corrected chi connectivity index (χ3v) is 1.51. The van der Waals surface area contributed by atoms with Crippen molar-refractivity contribution in [2.45, 2.75) is 0 Å². The van der Waals surface area contributed by atoms with E-state index in [2.05, 4.69) is 14.5 Å². The zero-order valence-corrected chi connectivity index (χ0v) is 9.47. The average Bonchev–Trinajstić information content (AvgIpc) is 2.23. The van der Waals surface area contributed by atoms with E-state index in [1.807, 2.05) is 0 Å². The van der Waals surface area contributed by atoms with Crippen LogP contribution >= 0.6 is 0 Å². The Hall–Kier alpha value is -1.79. The fourth-order valence-corrected chi connectivity index (χ4v) is 0.920. The van der Waals surface area contributed by atoms with Crippen LogP contribution in [-0.4, -0.2) is 63.3 Å². The van der Waals surface area contributed by atoms with Gasteiger partial charge in [0.25, 0.3) is 0 Å². The standard InChI is InChI=1S/C8H15N3O4/c1-9-6(10(2)3)11(7(12)14-4)8(13)15-5/h1-5H3. The Balaban J connectivity index is 5.09. The molecule has 0 bridgehead atoms. The first-order valence-corrected chi connectivity index (χ1v) is 4.09. The van der Waals surface area contributed by atoms with Gasteiger partial charge in [-0.15, -0.1) is 4.90 Å². The SMILES string of the molecule is CN=C(N(C)C)N(C(=O)OC)C(=O)OC. The third kappa shape index (κ3) is 3.12. The van der Waals surface area contributed by atoms with E-state index in [-0.39, 0.29) is 5.96 Å². The van der Waals surface area contributed by atoms with Crippen molar-refractivity contribution in [3.05, 3.63) is 0 Å². The van der Waals surface area contributed by atoms with Crippen molar-refractivity contribution >= 4 is 18.1 Å². The van der Waals surface area contributed by atoms with E-state index in [0.29, 0.717) is 4.90 Å². The second-order valence-electron chi connectivity index (χ2n) is 2.69. The molecular formula is C8H15N3O4. The molecule has 0 saturated carbocycles. The Morgan fingerprint density at radius 3 is 1.67 bits per heavy atom. The summed E-state index contributed by atoms with van der Waals surface area (Å²) in [5.41, 5.74) is 0. The number of hydrogen-bond acceptors (Lipinski definition) is 5. The number of imide groups is 1. The molecule has 7 heteroatoms. The number of nitrogens with zero attached hydrogens (tertiary/aromatic N) is 3. The molecule has 0 aromatic rings. The van der Waals surface area contributed by atoms with Gasteiger partial charge in [0.05, 0.1) is 14.2 Å².